The minimum absolute atomic E-state index is 0.244. The van der Waals surface area contributed by atoms with Gasteiger partial charge in [-0.2, -0.15) is 0 Å². The molecule has 2 heterocycles. The number of carbonyl (C=O) groups is 1. The Morgan fingerprint density at radius 2 is 2.11 bits per heavy atom. The second kappa shape index (κ2) is 6.24. The van der Waals surface area contributed by atoms with E-state index in [1.165, 1.54) is 0 Å². The fraction of sp³-hybridized carbons (Fsp3) is 0.667. The lowest BCUT2D eigenvalue weighted by molar-refractivity contribution is -0.131. The molecule has 106 valence electrons. The van der Waals surface area contributed by atoms with Gasteiger partial charge in [-0.25, -0.2) is 0 Å². The highest BCUT2D eigenvalue weighted by Crippen LogP contribution is 2.26. The van der Waals surface area contributed by atoms with Crippen molar-refractivity contribution < 1.29 is 9.21 Å². The molecular weight excluding hydrogens is 240 g/mol. The third-order valence-corrected chi connectivity index (χ3v) is 4.06. The molecule has 2 N–H and O–H groups in total. The van der Waals surface area contributed by atoms with Crippen molar-refractivity contribution in [1.29, 1.82) is 0 Å². The molecule has 0 saturated carbocycles. The molecule has 1 saturated heterocycles. The van der Waals surface area contributed by atoms with Crippen molar-refractivity contribution in [2.75, 3.05) is 6.54 Å². The van der Waals surface area contributed by atoms with Crippen LogP contribution in [-0.2, 0) is 17.9 Å². The average Bonchev–Trinajstić information content (AvgIpc) is 2.75. The van der Waals surface area contributed by atoms with Gasteiger partial charge in [-0.15, -0.1) is 0 Å². The summed E-state index contributed by atoms with van der Waals surface area (Å²) in [5.41, 5.74) is 5.53. The van der Waals surface area contributed by atoms with E-state index in [9.17, 15) is 4.79 Å². The number of hydrogen-bond acceptors (Lipinski definition) is 3. The lowest BCUT2D eigenvalue weighted by atomic mass is 9.89. The van der Waals surface area contributed by atoms with Crippen LogP contribution in [-0.4, -0.2) is 17.4 Å². The highest BCUT2D eigenvalue weighted by atomic mass is 16.3. The second-order valence-corrected chi connectivity index (χ2v) is 5.72. The van der Waals surface area contributed by atoms with Gasteiger partial charge >= 0.3 is 0 Å². The topological polar surface area (TPSA) is 59.5 Å². The highest BCUT2D eigenvalue weighted by molar-refractivity contribution is 5.76. The minimum atomic E-state index is 0.244. The first-order chi connectivity index (χ1) is 9.10. The molecule has 0 spiro atoms. The van der Waals surface area contributed by atoms with E-state index in [0.29, 0.717) is 31.3 Å². The molecule has 19 heavy (non-hydrogen) atoms. The second-order valence-electron chi connectivity index (χ2n) is 5.72. The van der Waals surface area contributed by atoms with Crippen LogP contribution in [0.2, 0.25) is 0 Å². The Labute approximate surface area is 114 Å². The fourth-order valence-electron chi connectivity index (χ4n) is 2.70. The summed E-state index contributed by atoms with van der Waals surface area (Å²) in [6.45, 7) is 6.29. The first-order valence-corrected chi connectivity index (χ1v) is 7.15. The predicted molar refractivity (Wildman–Crippen MR) is 74.2 cm³/mol. The van der Waals surface area contributed by atoms with E-state index in [1.54, 1.807) is 0 Å². The fourth-order valence-corrected chi connectivity index (χ4v) is 2.70. The molecule has 1 aromatic heterocycles. The zero-order valence-corrected chi connectivity index (χ0v) is 11.9. The van der Waals surface area contributed by atoms with E-state index in [2.05, 4.69) is 13.8 Å². The van der Waals surface area contributed by atoms with Crippen LogP contribution in [0.4, 0.5) is 0 Å². The van der Waals surface area contributed by atoms with Gasteiger partial charge in [0.1, 0.15) is 11.5 Å². The monoisotopic (exact) mass is 264 g/mol. The Kier molecular flexibility index (Phi) is 4.64. The minimum Gasteiger partial charge on any atom is -0.463 e. The Hall–Kier alpha value is -1.29. The molecule has 1 amide bonds. The summed E-state index contributed by atoms with van der Waals surface area (Å²) in [4.78, 5) is 14.0. The third-order valence-electron chi connectivity index (χ3n) is 4.06. The van der Waals surface area contributed by atoms with Crippen LogP contribution in [0, 0.1) is 11.8 Å². The van der Waals surface area contributed by atoms with Gasteiger partial charge in [0.15, 0.2) is 0 Å². The van der Waals surface area contributed by atoms with Crippen molar-refractivity contribution in [3.05, 3.63) is 23.7 Å². The molecule has 1 unspecified atom stereocenters. The van der Waals surface area contributed by atoms with Gasteiger partial charge in [-0.3, -0.25) is 4.79 Å². The number of furan rings is 1. The van der Waals surface area contributed by atoms with Crippen molar-refractivity contribution in [3.63, 3.8) is 0 Å². The van der Waals surface area contributed by atoms with Crippen LogP contribution in [0.3, 0.4) is 0 Å². The molecule has 1 atom stereocenters. The summed E-state index contributed by atoms with van der Waals surface area (Å²) in [7, 11) is 0. The Bertz CT molecular complexity index is 426. The molecule has 1 fully saturated rings. The van der Waals surface area contributed by atoms with Crippen LogP contribution in [0.1, 0.15) is 44.6 Å². The molecule has 4 nitrogen and oxygen atoms in total. The van der Waals surface area contributed by atoms with E-state index < -0.39 is 0 Å². The Balaban J connectivity index is 1.97. The molecule has 1 aliphatic heterocycles. The molecule has 0 radical (unpaired) electrons. The lowest BCUT2D eigenvalue weighted by Crippen LogP contribution is -2.29. The van der Waals surface area contributed by atoms with Crippen molar-refractivity contribution >= 4 is 5.91 Å². The van der Waals surface area contributed by atoms with Gasteiger partial charge in [-0.05, 0) is 36.8 Å². The molecule has 2 rings (SSSR count). The maximum absolute atomic E-state index is 12.1. The molecule has 1 aliphatic rings. The van der Waals surface area contributed by atoms with Crippen LogP contribution in [0.5, 0.6) is 0 Å². The van der Waals surface area contributed by atoms with Gasteiger partial charge in [0, 0.05) is 13.0 Å². The first kappa shape index (κ1) is 14.1. The maximum atomic E-state index is 12.1. The highest BCUT2D eigenvalue weighted by Gasteiger charge is 2.24. The molecule has 0 aromatic carbocycles. The average molecular weight is 264 g/mol. The number of rotatable bonds is 4. The summed E-state index contributed by atoms with van der Waals surface area (Å²) in [6, 6.07) is 3.80. The summed E-state index contributed by atoms with van der Waals surface area (Å²) in [5.74, 6) is 3.16. The van der Waals surface area contributed by atoms with Crippen molar-refractivity contribution in [2.24, 2.45) is 17.6 Å². The molecule has 1 aromatic rings. The summed E-state index contributed by atoms with van der Waals surface area (Å²) in [6.07, 6.45) is 2.76. The van der Waals surface area contributed by atoms with Gasteiger partial charge < -0.3 is 15.1 Å². The van der Waals surface area contributed by atoms with Gasteiger partial charge in [0.25, 0.3) is 0 Å². The van der Waals surface area contributed by atoms with Crippen molar-refractivity contribution in [3.8, 4) is 0 Å². The largest absolute Gasteiger partial charge is 0.463 e. The van der Waals surface area contributed by atoms with Crippen molar-refractivity contribution in [1.82, 2.24) is 4.90 Å². The van der Waals surface area contributed by atoms with Gasteiger partial charge in [0.05, 0.1) is 13.1 Å². The van der Waals surface area contributed by atoms with Crippen LogP contribution in [0.25, 0.3) is 0 Å². The summed E-state index contributed by atoms with van der Waals surface area (Å²) in [5, 5.41) is 0. The van der Waals surface area contributed by atoms with Crippen LogP contribution >= 0.6 is 0 Å². The maximum Gasteiger partial charge on any atom is 0.222 e. The Morgan fingerprint density at radius 1 is 1.37 bits per heavy atom. The van der Waals surface area contributed by atoms with Crippen LogP contribution < -0.4 is 5.73 Å². The van der Waals surface area contributed by atoms with Gasteiger partial charge in [-0.1, -0.05) is 13.8 Å². The number of likely N-dealkylation sites (tertiary alicyclic amines) is 1. The quantitative estimate of drug-likeness (QED) is 0.909. The van der Waals surface area contributed by atoms with E-state index in [4.69, 9.17) is 10.2 Å². The molecular formula is C15H24N2O2. The van der Waals surface area contributed by atoms with Crippen molar-refractivity contribution in [2.45, 2.75) is 46.2 Å². The van der Waals surface area contributed by atoms with Gasteiger partial charge in [0.2, 0.25) is 5.91 Å². The van der Waals surface area contributed by atoms with E-state index in [0.717, 1.165) is 30.9 Å². The summed E-state index contributed by atoms with van der Waals surface area (Å²) < 4.78 is 5.58. The van der Waals surface area contributed by atoms with E-state index in [-0.39, 0.29) is 5.91 Å². The van der Waals surface area contributed by atoms with E-state index >= 15 is 0 Å². The molecule has 0 bridgehead atoms. The number of carbonyl (C=O) groups excluding carboxylic acids is 1. The predicted octanol–water partition coefficient (Wildman–Crippen LogP) is 2.52. The van der Waals surface area contributed by atoms with E-state index in [1.807, 2.05) is 17.0 Å². The number of nitrogens with zero attached hydrogens (tertiary/aromatic N) is 1. The summed E-state index contributed by atoms with van der Waals surface area (Å²) >= 11 is 0. The Morgan fingerprint density at radius 3 is 2.74 bits per heavy atom. The molecule has 0 aliphatic carbocycles. The zero-order valence-electron chi connectivity index (χ0n) is 11.9. The number of hydrogen-bond donors (Lipinski definition) is 1. The smallest absolute Gasteiger partial charge is 0.222 e. The zero-order chi connectivity index (χ0) is 13.8. The lowest BCUT2D eigenvalue weighted by Gasteiger charge is -2.20. The number of amides is 1. The standard InChI is InChI=1S/C15H24N2O2/c1-11(2)12-3-6-15(18)17(8-7-12)10-14-5-4-13(9-16)19-14/h4-5,11-12H,3,6-10,16H2,1-2H3. The third kappa shape index (κ3) is 3.60. The molecule has 4 heteroatoms. The first-order valence-electron chi connectivity index (χ1n) is 7.15. The number of nitrogens with two attached hydrogens (primary N) is 1. The normalized spacial score (nSPS) is 20.9. The van der Waals surface area contributed by atoms with Crippen LogP contribution in [0.15, 0.2) is 16.5 Å². The SMILES string of the molecule is CC(C)C1CCC(=O)N(Cc2ccc(CN)o2)CC1.